The van der Waals surface area contributed by atoms with Crippen LogP contribution in [0.1, 0.15) is 26.5 Å². The molecular weight excluding hydrogens is 480 g/mol. The molecule has 35 heavy (non-hydrogen) atoms. The summed E-state index contributed by atoms with van der Waals surface area (Å²) in [4.78, 5) is 13.0. The van der Waals surface area contributed by atoms with E-state index in [1.165, 1.54) is 10.9 Å². The molecule has 5 aromatic rings. The van der Waals surface area contributed by atoms with Gasteiger partial charge in [-0.1, -0.05) is 32.4 Å². The third kappa shape index (κ3) is 4.25. The van der Waals surface area contributed by atoms with Crippen LogP contribution in [0.2, 0.25) is 5.02 Å². The van der Waals surface area contributed by atoms with Crippen molar-refractivity contribution in [3.05, 3.63) is 47.8 Å². The zero-order chi connectivity index (χ0) is 24.9. The van der Waals surface area contributed by atoms with Crippen LogP contribution in [0.5, 0.6) is 11.5 Å². The maximum absolute atomic E-state index is 13.1. The second-order valence-electron chi connectivity index (χ2n) is 8.98. The highest BCUT2D eigenvalue weighted by Crippen LogP contribution is 2.37. The van der Waals surface area contributed by atoms with Gasteiger partial charge in [-0.05, 0) is 0 Å². The van der Waals surface area contributed by atoms with E-state index in [1.54, 1.807) is 47.0 Å². The van der Waals surface area contributed by atoms with Crippen LogP contribution in [0.4, 0.5) is 20.5 Å². The van der Waals surface area contributed by atoms with Gasteiger partial charge < -0.3 is 14.6 Å². The maximum atomic E-state index is 13.1. The number of aromatic nitrogens is 8. The second kappa shape index (κ2) is 8.45. The predicted octanol–water partition coefficient (Wildman–Crippen LogP) is 4.96. The number of nitrogens with one attached hydrogen (secondary N) is 1. The standard InChI is InChI=1S/C22H22ClF2N9O/c1-22(2,3)15-7-17(31-34(15)11-16(24)25)29-21-30-20-19(32(21)4)18(23)14(9-27-20)35-13-10-28-33-6-5-26-8-12(13)33/h5-10,16H,11H2,1-4H3,(H,27,29,30,31). The first-order valence-corrected chi connectivity index (χ1v) is 11.1. The zero-order valence-electron chi connectivity index (χ0n) is 19.4. The first kappa shape index (κ1) is 23.0. The molecule has 0 aliphatic rings. The number of fused-ring (bicyclic) bond motifs is 2. The van der Waals surface area contributed by atoms with E-state index in [9.17, 15) is 8.78 Å². The van der Waals surface area contributed by atoms with Gasteiger partial charge in [0.1, 0.15) is 22.6 Å². The second-order valence-corrected chi connectivity index (χ2v) is 9.36. The highest BCUT2D eigenvalue weighted by molar-refractivity contribution is 6.36. The van der Waals surface area contributed by atoms with E-state index in [1.807, 2.05) is 20.8 Å². The Balaban J connectivity index is 1.48. The average Bonchev–Trinajstić information content (AvgIpc) is 3.46. The third-order valence-corrected chi connectivity index (χ3v) is 5.78. The number of alkyl halides is 2. The van der Waals surface area contributed by atoms with Gasteiger partial charge in [0.2, 0.25) is 5.95 Å². The van der Waals surface area contributed by atoms with Crippen molar-refractivity contribution in [1.82, 2.24) is 38.9 Å². The van der Waals surface area contributed by atoms with E-state index in [0.717, 1.165) is 0 Å². The fourth-order valence-corrected chi connectivity index (χ4v) is 4.07. The Morgan fingerprint density at radius 3 is 2.71 bits per heavy atom. The van der Waals surface area contributed by atoms with Gasteiger partial charge in [-0.2, -0.15) is 15.2 Å². The van der Waals surface area contributed by atoms with Gasteiger partial charge in [-0.15, -0.1) is 0 Å². The molecule has 0 radical (unpaired) electrons. The summed E-state index contributed by atoms with van der Waals surface area (Å²) in [5, 5.41) is 11.9. The van der Waals surface area contributed by atoms with Crippen LogP contribution in [0.15, 0.2) is 37.1 Å². The number of anilines is 2. The highest BCUT2D eigenvalue weighted by atomic mass is 35.5. The number of halogens is 3. The van der Waals surface area contributed by atoms with E-state index < -0.39 is 13.0 Å². The number of hydrogen-bond donors (Lipinski definition) is 1. The van der Waals surface area contributed by atoms with E-state index in [2.05, 4.69) is 30.5 Å². The van der Waals surface area contributed by atoms with Crippen molar-refractivity contribution in [3.63, 3.8) is 0 Å². The quantitative estimate of drug-likeness (QED) is 0.351. The van der Waals surface area contributed by atoms with Crippen LogP contribution in [0, 0.1) is 0 Å². The molecule has 5 rings (SSSR count). The smallest absolute Gasteiger partial charge is 0.257 e. The van der Waals surface area contributed by atoms with Gasteiger partial charge in [0.05, 0.1) is 18.6 Å². The Kier molecular flexibility index (Phi) is 5.55. The van der Waals surface area contributed by atoms with Crippen molar-refractivity contribution in [2.75, 3.05) is 5.32 Å². The molecule has 182 valence electrons. The molecule has 0 atom stereocenters. The number of rotatable bonds is 6. The van der Waals surface area contributed by atoms with Crippen molar-refractivity contribution >= 4 is 40.0 Å². The molecular formula is C22H22ClF2N9O. The molecule has 0 aliphatic heterocycles. The molecule has 1 N–H and O–H groups in total. The molecule has 0 aromatic carbocycles. The molecule has 0 aliphatic carbocycles. The molecule has 13 heteroatoms. The van der Waals surface area contributed by atoms with E-state index >= 15 is 0 Å². The average molecular weight is 502 g/mol. The molecule has 10 nitrogen and oxygen atoms in total. The number of hydrogen-bond acceptors (Lipinski definition) is 7. The summed E-state index contributed by atoms with van der Waals surface area (Å²) in [5.74, 6) is 1.58. The van der Waals surface area contributed by atoms with Gasteiger partial charge in [-0.3, -0.25) is 9.67 Å². The van der Waals surface area contributed by atoms with Crippen molar-refractivity contribution < 1.29 is 13.5 Å². The van der Waals surface area contributed by atoms with Gasteiger partial charge in [-0.25, -0.2) is 18.3 Å². The van der Waals surface area contributed by atoms with Crippen molar-refractivity contribution in [1.29, 1.82) is 0 Å². The molecule has 0 bridgehead atoms. The Morgan fingerprint density at radius 1 is 1.17 bits per heavy atom. The maximum Gasteiger partial charge on any atom is 0.257 e. The van der Waals surface area contributed by atoms with Crippen LogP contribution in [0.25, 0.3) is 16.7 Å². The Hall–Kier alpha value is -3.80. The number of imidazole rings is 1. The zero-order valence-corrected chi connectivity index (χ0v) is 20.1. The molecule has 0 spiro atoms. The largest absolute Gasteiger partial charge is 0.450 e. The van der Waals surface area contributed by atoms with Gasteiger partial charge in [0.25, 0.3) is 6.43 Å². The number of aryl methyl sites for hydroxylation is 1. The topological polar surface area (TPSA) is 100.0 Å². The minimum absolute atomic E-state index is 0.305. The SMILES string of the molecule is Cn1c(Nc2cc(C(C)(C)C)n(CC(F)F)n2)nc2ncc(Oc3cnn4ccncc34)c(Cl)c21. The Bertz CT molecular complexity index is 1530. The van der Waals surface area contributed by atoms with Crippen LogP contribution < -0.4 is 10.1 Å². The lowest BCUT2D eigenvalue weighted by molar-refractivity contribution is 0.119. The summed E-state index contributed by atoms with van der Waals surface area (Å²) < 4.78 is 36.8. The fourth-order valence-electron chi connectivity index (χ4n) is 3.77. The minimum Gasteiger partial charge on any atom is -0.450 e. The lowest BCUT2D eigenvalue weighted by atomic mass is 9.92. The fraction of sp³-hybridized carbons (Fsp3) is 0.318. The van der Waals surface area contributed by atoms with Gasteiger partial charge in [0, 0.05) is 36.6 Å². The van der Waals surface area contributed by atoms with Crippen molar-refractivity contribution in [2.24, 2.45) is 7.05 Å². The summed E-state index contributed by atoms with van der Waals surface area (Å²) in [6.45, 7) is 5.33. The van der Waals surface area contributed by atoms with E-state index in [-0.39, 0.29) is 5.41 Å². The van der Waals surface area contributed by atoms with E-state index in [4.69, 9.17) is 16.3 Å². The molecule has 0 unspecified atom stereocenters. The molecule has 0 fully saturated rings. The number of pyridine rings is 1. The predicted molar refractivity (Wildman–Crippen MR) is 127 cm³/mol. The van der Waals surface area contributed by atoms with Crippen LogP contribution in [-0.2, 0) is 19.0 Å². The molecule has 0 saturated carbocycles. The minimum atomic E-state index is -2.52. The lowest BCUT2D eigenvalue weighted by Gasteiger charge is -2.19. The molecule has 5 aromatic heterocycles. The van der Waals surface area contributed by atoms with Crippen molar-refractivity contribution in [2.45, 2.75) is 39.2 Å². The Labute approximate surface area is 203 Å². The van der Waals surface area contributed by atoms with Crippen LogP contribution in [-0.4, -0.2) is 45.3 Å². The number of nitrogens with zero attached hydrogens (tertiary/aromatic N) is 8. The van der Waals surface area contributed by atoms with Crippen LogP contribution >= 0.6 is 11.6 Å². The first-order chi connectivity index (χ1) is 16.6. The normalized spacial score (nSPS) is 12.2. The lowest BCUT2D eigenvalue weighted by Crippen LogP contribution is -2.20. The monoisotopic (exact) mass is 501 g/mol. The first-order valence-electron chi connectivity index (χ1n) is 10.7. The third-order valence-electron chi connectivity index (χ3n) is 5.41. The van der Waals surface area contributed by atoms with Crippen LogP contribution in [0.3, 0.4) is 0 Å². The molecule has 0 saturated heterocycles. The van der Waals surface area contributed by atoms with E-state index in [0.29, 0.717) is 50.7 Å². The highest BCUT2D eigenvalue weighted by Gasteiger charge is 2.24. The van der Waals surface area contributed by atoms with Gasteiger partial charge >= 0.3 is 0 Å². The molecule has 0 amide bonds. The van der Waals surface area contributed by atoms with Crippen molar-refractivity contribution in [3.8, 4) is 11.5 Å². The van der Waals surface area contributed by atoms with Gasteiger partial charge in [0.15, 0.2) is 23.0 Å². The number of ether oxygens (including phenoxy) is 1. The Morgan fingerprint density at radius 2 is 1.97 bits per heavy atom. The summed E-state index contributed by atoms with van der Waals surface area (Å²) >= 11 is 6.68. The summed E-state index contributed by atoms with van der Waals surface area (Å²) in [7, 11) is 1.76. The molecule has 5 heterocycles. The summed E-state index contributed by atoms with van der Waals surface area (Å²) in [5.41, 5.74) is 1.89. The summed E-state index contributed by atoms with van der Waals surface area (Å²) in [6.07, 6.45) is 5.48. The summed E-state index contributed by atoms with van der Waals surface area (Å²) in [6, 6.07) is 1.74.